The van der Waals surface area contributed by atoms with E-state index in [1.807, 2.05) is 6.92 Å². The normalized spacial score (nSPS) is 14.7. The maximum Gasteiger partial charge on any atom is 0.234 e. The fraction of sp³-hybridized carbons (Fsp3) is 0.625. The average molecular weight is 218 g/mol. The van der Waals surface area contributed by atoms with Gasteiger partial charge in [0.25, 0.3) is 0 Å². The number of nitrogens with one attached hydrogen (secondary N) is 1. The van der Waals surface area contributed by atoms with Crippen molar-refractivity contribution < 1.29 is 4.79 Å². The van der Waals surface area contributed by atoms with Crippen LogP contribution in [0.3, 0.4) is 0 Å². The second-order valence-corrected chi connectivity index (χ2v) is 3.63. The van der Waals surface area contributed by atoms with Crippen LogP contribution in [0.25, 0.3) is 0 Å². The summed E-state index contributed by atoms with van der Waals surface area (Å²) in [4.78, 5) is 10.8. The van der Waals surface area contributed by atoms with Crippen molar-refractivity contribution in [3.05, 3.63) is 0 Å². The van der Waals surface area contributed by atoms with Gasteiger partial charge in [-0.25, -0.2) is 0 Å². The molecule has 1 amide bonds. The number of carbonyl (C=O) groups is 1. The van der Waals surface area contributed by atoms with Gasteiger partial charge in [0.05, 0.1) is 10.9 Å². The fourth-order valence-electron chi connectivity index (χ4n) is 0.548. The number of hydrogen-bond acceptors (Lipinski definition) is 1. The van der Waals surface area contributed by atoms with Gasteiger partial charge in [0.15, 0.2) is 0 Å². The van der Waals surface area contributed by atoms with Gasteiger partial charge in [0, 0.05) is 0 Å². The molecular weight excluding hydrogens is 206 g/mol. The molecule has 11 heavy (non-hydrogen) atoms. The van der Waals surface area contributed by atoms with Gasteiger partial charge >= 0.3 is 0 Å². The molecule has 2 unspecified atom stereocenters. The molecule has 0 heterocycles. The Morgan fingerprint density at radius 1 is 1.82 bits per heavy atom. The molecular formula is C8H12BrNO. The Bertz CT molecular complexity index is 171. The molecule has 0 bridgehead atoms. The topological polar surface area (TPSA) is 29.1 Å². The lowest BCUT2D eigenvalue weighted by Crippen LogP contribution is -2.37. The van der Waals surface area contributed by atoms with Gasteiger partial charge < -0.3 is 5.32 Å². The van der Waals surface area contributed by atoms with E-state index in [1.165, 1.54) is 0 Å². The van der Waals surface area contributed by atoms with Crippen molar-refractivity contribution in [2.24, 2.45) is 0 Å². The van der Waals surface area contributed by atoms with E-state index in [1.54, 1.807) is 6.92 Å². The van der Waals surface area contributed by atoms with Crippen LogP contribution < -0.4 is 5.32 Å². The first-order valence-electron chi connectivity index (χ1n) is 3.52. The van der Waals surface area contributed by atoms with Gasteiger partial charge in [-0.15, -0.1) is 6.42 Å². The minimum atomic E-state index is -0.176. The summed E-state index contributed by atoms with van der Waals surface area (Å²) in [6, 6.07) is -0.137. The SMILES string of the molecule is C#CC(CC)NC(=O)C(C)Br. The van der Waals surface area contributed by atoms with Crippen molar-refractivity contribution in [2.45, 2.75) is 31.1 Å². The second-order valence-electron chi connectivity index (χ2n) is 2.25. The molecule has 62 valence electrons. The molecule has 3 heteroatoms. The predicted molar refractivity (Wildman–Crippen MR) is 49.4 cm³/mol. The highest BCUT2D eigenvalue weighted by atomic mass is 79.9. The van der Waals surface area contributed by atoms with Crippen LogP contribution in [0.4, 0.5) is 0 Å². The molecule has 0 fully saturated rings. The molecule has 0 aromatic rings. The van der Waals surface area contributed by atoms with Crippen LogP contribution in [0.5, 0.6) is 0 Å². The van der Waals surface area contributed by atoms with Gasteiger partial charge in [-0.2, -0.15) is 0 Å². The Hall–Kier alpha value is -0.490. The molecule has 0 saturated carbocycles. The smallest absolute Gasteiger partial charge is 0.234 e. The zero-order valence-corrected chi connectivity index (χ0v) is 8.31. The highest BCUT2D eigenvalue weighted by Gasteiger charge is 2.11. The molecule has 0 saturated heterocycles. The van der Waals surface area contributed by atoms with Crippen molar-refractivity contribution >= 4 is 21.8 Å². The first kappa shape index (κ1) is 10.5. The largest absolute Gasteiger partial charge is 0.342 e. The summed E-state index contributed by atoms with van der Waals surface area (Å²) >= 11 is 3.15. The monoisotopic (exact) mass is 217 g/mol. The van der Waals surface area contributed by atoms with Crippen molar-refractivity contribution in [3.8, 4) is 12.3 Å². The van der Waals surface area contributed by atoms with E-state index >= 15 is 0 Å². The average Bonchev–Trinajstić information content (AvgIpc) is 1.99. The van der Waals surface area contributed by atoms with Crippen molar-refractivity contribution in [1.29, 1.82) is 0 Å². The second kappa shape index (κ2) is 5.20. The zero-order valence-electron chi connectivity index (χ0n) is 6.73. The third kappa shape index (κ3) is 4.05. The Labute approximate surface area is 75.9 Å². The highest BCUT2D eigenvalue weighted by Crippen LogP contribution is 1.98. The molecule has 0 aromatic heterocycles. The number of carbonyl (C=O) groups excluding carboxylic acids is 1. The number of amides is 1. The lowest BCUT2D eigenvalue weighted by atomic mass is 10.2. The number of alkyl halides is 1. The van der Waals surface area contributed by atoms with Crippen LogP contribution in [0, 0.1) is 12.3 Å². The van der Waals surface area contributed by atoms with Crippen LogP contribution in [0.2, 0.25) is 0 Å². The lowest BCUT2D eigenvalue weighted by Gasteiger charge is -2.11. The number of rotatable bonds is 3. The first-order chi connectivity index (χ1) is 5.11. The van der Waals surface area contributed by atoms with Crippen molar-refractivity contribution in [2.75, 3.05) is 0 Å². The van der Waals surface area contributed by atoms with Crippen molar-refractivity contribution in [3.63, 3.8) is 0 Å². The minimum Gasteiger partial charge on any atom is -0.342 e. The van der Waals surface area contributed by atoms with E-state index in [0.717, 1.165) is 6.42 Å². The summed E-state index contributed by atoms with van der Waals surface area (Å²) in [5, 5.41) is 2.69. The molecule has 2 nitrogen and oxygen atoms in total. The summed E-state index contributed by atoms with van der Waals surface area (Å²) in [5.41, 5.74) is 0. The molecule has 0 rings (SSSR count). The van der Waals surface area contributed by atoms with E-state index < -0.39 is 0 Å². The fourth-order valence-corrected chi connectivity index (χ4v) is 0.680. The zero-order chi connectivity index (χ0) is 8.85. The van der Waals surface area contributed by atoms with Gasteiger partial charge in [0.2, 0.25) is 5.91 Å². The Balaban J connectivity index is 3.84. The number of halogens is 1. The van der Waals surface area contributed by atoms with E-state index in [-0.39, 0.29) is 16.8 Å². The Morgan fingerprint density at radius 2 is 2.36 bits per heavy atom. The molecule has 1 N–H and O–H groups in total. The third-order valence-corrected chi connectivity index (χ3v) is 1.70. The summed E-state index contributed by atoms with van der Waals surface area (Å²) < 4.78 is 0. The summed E-state index contributed by atoms with van der Waals surface area (Å²) in [7, 11) is 0. The molecule has 0 aliphatic heterocycles. The Kier molecular flexibility index (Phi) is 4.97. The van der Waals surface area contributed by atoms with Gasteiger partial charge in [0.1, 0.15) is 0 Å². The van der Waals surface area contributed by atoms with E-state index in [2.05, 4.69) is 27.2 Å². The summed E-state index contributed by atoms with van der Waals surface area (Å²) in [6.45, 7) is 3.70. The minimum absolute atomic E-state index is 0.0604. The lowest BCUT2D eigenvalue weighted by molar-refractivity contribution is -0.120. The maximum absolute atomic E-state index is 11.0. The standard InChI is InChI=1S/C8H12BrNO/c1-4-7(5-2)10-8(11)6(3)9/h1,6-7H,5H2,2-3H3,(H,10,11). The first-order valence-corrected chi connectivity index (χ1v) is 4.44. The van der Waals surface area contributed by atoms with E-state index in [4.69, 9.17) is 6.42 Å². The van der Waals surface area contributed by atoms with Crippen LogP contribution in [0.1, 0.15) is 20.3 Å². The quantitative estimate of drug-likeness (QED) is 0.561. The van der Waals surface area contributed by atoms with E-state index in [0.29, 0.717) is 0 Å². The van der Waals surface area contributed by atoms with E-state index in [9.17, 15) is 4.79 Å². The van der Waals surface area contributed by atoms with Crippen LogP contribution in [-0.4, -0.2) is 16.8 Å². The molecule has 0 spiro atoms. The molecule has 0 aromatic carbocycles. The maximum atomic E-state index is 11.0. The molecule has 0 aliphatic rings. The van der Waals surface area contributed by atoms with Crippen LogP contribution >= 0.6 is 15.9 Å². The third-order valence-electron chi connectivity index (χ3n) is 1.29. The van der Waals surface area contributed by atoms with Crippen LogP contribution in [-0.2, 0) is 4.79 Å². The number of terminal acetylenes is 1. The van der Waals surface area contributed by atoms with Gasteiger partial charge in [-0.1, -0.05) is 28.8 Å². The van der Waals surface area contributed by atoms with Crippen LogP contribution in [0.15, 0.2) is 0 Å². The Morgan fingerprint density at radius 3 is 2.64 bits per heavy atom. The summed E-state index contributed by atoms with van der Waals surface area (Å²) in [5.74, 6) is 2.42. The highest BCUT2D eigenvalue weighted by molar-refractivity contribution is 9.10. The molecule has 2 atom stereocenters. The number of hydrogen-bond donors (Lipinski definition) is 1. The van der Waals surface area contributed by atoms with Crippen molar-refractivity contribution in [1.82, 2.24) is 5.32 Å². The molecule has 0 aliphatic carbocycles. The molecule has 0 radical (unpaired) electrons. The summed E-state index contributed by atoms with van der Waals surface area (Å²) in [6.07, 6.45) is 5.92. The van der Waals surface area contributed by atoms with Gasteiger partial charge in [-0.3, -0.25) is 4.79 Å². The van der Waals surface area contributed by atoms with Gasteiger partial charge in [-0.05, 0) is 13.3 Å². The predicted octanol–water partition coefficient (Wildman–Crippen LogP) is 1.30.